The van der Waals surface area contributed by atoms with Crippen LogP contribution in [0.25, 0.3) is 0 Å². The molecular formula is C21H27ClN2O. The van der Waals surface area contributed by atoms with Gasteiger partial charge in [0.2, 0.25) is 5.91 Å². The Balaban J connectivity index is 1.80. The van der Waals surface area contributed by atoms with Gasteiger partial charge in [0, 0.05) is 37.1 Å². The Labute approximate surface area is 155 Å². The molecule has 1 aromatic heterocycles. The summed E-state index contributed by atoms with van der Waals surface area (Å²) in [4.78, 5) is 14.8. The number of carbonyl (C=O) groups excluding carboxylic acids is 1. The van der Waals surface area contributed by atoms with Crippen molar-refractivity contribution < 1.29 is 4.79 Å². The lowest BCUT2D eigenvalue weighted by Gasteiger charge is -2.28. The highest BCUT2D eigenvalue weighted by Gasteiger charge is 2.30. The van der Waals surface area contributed by atoms with Gasteiger partial charge in [-0.15, -0.1) is 0 Å². The summed E-state index contributed by atoms with van der Waals surface area (Å²) in [5.74, 6) is 0.768. The molecule has 1 heterocycles. The Bertz CT molecular complexity index is 733. The molecule has 3 rings (SSSR count). The summed E-state index contributed by atoms with van der Waals surface area (Å²) >= 11 is 5.98. The number of amides is 1. The lowest BCUT2D eigenvalue weighted by atomic mass is 9.85. The Hall–Kier alpha value is -1.74. The van der Waals surface area contributed by atoms with Gasteiger partial charge in [0.05, 0.1) is 5.92 Å². The molecule has 0 saturated carbocycles. The third kappa shape index (κ3) is 4.09. The topological polar surface area (TPSA) is 25.2 Å². The molecule has 0 N–H and O–H groups in total. The molecule has 134 valence electrons. The molecule has 1 amide bonds. The number of hydrogen-bond donors (Lipinski definition) is 0. The van der Waals surface area contributed by atoms with Crippen molar-refractivity contribution >= 4 is 17.5 Å². The molecule has 0 spiro atoms. The zero-order valence-electron chi connectivity index (χ0n) is 15.3. The highest BCUT2D eigenvalue weighted by Crippen LogP contribution is 2.34. The summed E-state index contributed by atoms with van der Waals surface area (Å²) < 4.78 is 2.29. The number of hydrogen-bond acceptors (Lipinski definition) is 1. The first-order valence-electron chi connectivity index (χ1n) is 9.13. The number of rotatable bonds is 5. The van der Waals surface area contributed by atoms with Crippen molar-refractivity contribution in [2.24, 2.45) is 5.92 Å². The molecule has 1 aliphatic carbocycles. The number of benzene rings is 1. The summed E-state index contributed by atoms with van der Waals surface area (Å²) in [7, 11) is 1.93. The van der Waals surface area contributed by atoms with Gasteiger partial charge in [0.15, 0.2) is 0 Å². The highest BCUT2D eigenvalue weighted by molar-refractivity contribution is 6.30. The Morgan fingerprint density at radius 3 is 2.68 bits per heavy atom. The minimum absolute atomic E-state index is 0.0129. The van der Waals surface area contributed by atoms with E-state index in [0.717, 1.165) is 37.4 Å². The molecule has 1 unspecified atom stereocenters. The van der Waals surface area contributed by atoms with Gasteiger partial charge in [0.1, 0.15) is 0 Å². The van der Waals surface area contributed by atoms with Crippen molar-refractivity contribution in [1.29, 1.82) is 0 Å². The van der Waals surface area contributed by atoms with Crippen molar-refractivity contribution in [2.75, 3.05) is 13.6 Å². The van der Waals surface area contributed by atoms with E-state index in [1.165, 1.54) is 16.8 Å². The monoisotopic (exact) mass is 358 g/mol. The van der Waals surface area contributed by atoms with E-state index >= 15 is 0 Å². The Morgan fingerprint density at radius 2 is 2.00 bits per heavy atom. The minimum atomic E-state index is 0.0129. The summed E-state index contributed by atoms with van der Waals surface area (Å²) in [6.07, 6.45) is 5.21. The maximum Gasteiger partial charge on any atom is 0.229 e. The van der Waals surface area contributed by atoms with Gasteiger partial charge < -0.3 is 9.47 Å². The van der Waals surface area contributed by atoms with Crippen molar-refractivity contribution in [3.05, 3.63) is 58.4 Å². The van der Waals surface area contributed by atoms with Crippen LogP contribution in [0, 0.1) is 5.92 Å². The first-order chi connectivity index (χ1) is 12.0. The summed E-state index contributed by atoms with van der Waals surface area (Å²) in [5.41, 5.74) is 3.77. The first-order valence-corrected chi connectivity index (χ1v) is 9.51. The predicted molar refractivity (Wildman–Crippen MR) is 103 cm³/mol. The number of fused-ring (bicyclic) bond motifs is 1. The third-order valence-electron chi connectivity index (χ3n) is 4.98. The van der Waals surface area contributed by atoms with Gasteiger partial charge in [-0.1, -0.05) is 37.6 Å². The van der Waals surface area contributed by atoms with E-state index in [-0.39, 0.29) is 11.8 Å². The Morgan fingerprint density at radius 1 is 1.28 bits per heavy atom. The van der Waals surface area contributed by atoms with E-state index in [4.69, 9.17) is 11.6 Å². The average Bonchev–Trinajstić information content (AvgIpc) is 2.99. The second-order valence-electron chi connectivity index (χ2n) is 7.53. The fourth-order valence-electron chi connectivity index (χ4n) is 3.85. The number of nitrogens with zero attached hydrogens (tertiary/aromatic N) is 2. The molecule has 0 fully saturated rings. The van der Waals surface area contributed by atoms with Crippen molar-refractivity contribution in [1.82, 2.24) is 9.47 Å². The van der Waals surface area contributed by atoms with E-state index in [9.17, 15) is 4.79 Å². The molecule has 1 aliphatic rings. The van der Waals surface area contributed by atoms with Crippen LogP contribution in [0.2, 0.25) is 5.02 Å². The maximum atomic E-state index is 12.9. The van der Waals surface area contributed by atoms with Crippen LogP contribution in [-0.2, 0) is 17.8 Å². The van der Waals surface area contributed by atoms with E-state index in [2.05, 4.69) is 42.8 Å². The van der Waals surface area contributed by atoms with E-state index in [1.54, 1.807) is 0 Å². The van der Waals surface area contributed by atoms with Crippen LogP contribution in [0.3, 0.4) is 0 Å². The minimum Gasteiger partial charge on any atom is -0.347 e. The molecule has 1 aromatic carbocycles. The van der Waals surface area contributed by atoms with Crippen molar-refractivity contribution in [3.8, 4) is 0 Å². The largest absolute Gasteiger partial charge is 0.347 e. The standard InChI is InChI=1S/C21H27ClN2O/c1-15(2)13-23(3)21(25)19-5-4-6-20-18(19)11-12-24(20)14-16-7-9-17(22)10-8-16/h7-12,15,19H,4-6,13-14H2,1-3H3. The van der Waals surface area contributed by atoms with Crippen molar-refractivity contribution in [2.45, 2.75) is 45.6 Å². The normalized spacial score (nSPS) is 16.8. The molecule has 4 heteroatoms. The van der Waals surface area contributed by atoms with Gasteiger partial charge in [-0.2, -0.15) is 0 Å². The summed E-state index contributed by atoms with van der Waals surface area (Å²) in [5, 5.41) is 0.761. The van der Waals surface area contributed by atoms with Crippen LogP contribution in [0.4, 0.5) is 0 Å². The molecule has 0 bridgehead atoms. The molecule has 2 aromatic rings. The first kappa shape index (κ1) is 18.1. The van der Waals surface area contributed by atoms with E-state index in [0.29, 0.717) is 5.92 Å². The predicted octanol–water partition coefficient (Wildman–Crippen LogP) is 4.72. The van der Waals surface area contributed by atoms with Crippen molar-refractivity contribution in [3.63, 3.8) is 0 Å². The van der Waals surface area contributed by atoms with Gasteiger partial charge in [-0.05, 0) is 54.5 Å². The number of likely N-dealkylation sites (N-methyl/N-ethyl adjacent to an activating group) is 1. The fraction of sp³-hybridized carbons (Fsp3) is 0.476. The molecule has 1 atom stereocenters. The zero-order valence-corrected chi connectivity index (χ0v) is 16.1. The Kier molecular flexibility index (Phi) is 5.53. The van der Waals surface area contributed by atoms with Crippen LogP contribution >= 0.6 is 11.6 Å². The third-order valence-corrected chi connectivity index (χ3v) is 5.23. The molecule has 25 heavy (non-hydrogen) atoms. The highest BCUT2D eigenvalue weighted by atomic mass is 35.5. The quantitative estimate of drug-likeness (QED) is 0.758. The maximum absolute atomic E-state index is 12.9. The second-order valence-corrected chi connectivity index (χ2v) is 7.97. The molecule has 3 nitrogen and oxygen atoms in total. The van der Waals surface area contributed by atoms with Crippen LogP contribution in [0.5, 0.6) is 0 Å². The van der Waals surface area contributed by atoms with Gasteiger partial charge >= 0.3 is 0 Å². The molecule has 0 saturated heterocycles. The van der Waals surface area contributed by atoms with Gasteiger partial charge in [-0.3, -0.25) is 4.79 Å². The number of halogens is 1. The van der Waals surface area contributed by atoms with Crippen LogP contribution in [0.15, 0.2) is 36.5 Å². The number of aromatic nitrogens is 1. The fourth-order valence-corrected chi connectivity index (χ4v) is 3.98. The zero-order chi connectivity index (χ0) is 18.0. The van der Waals surface area contributed by atoms with E-state index in [1.807, 2.05) is 24.1 Å². The van der Waals surface area contributed by atoms with Crippen LogP contribution in [-0.4, -0.2) is 29.0 Å². The number of carbonyl (C=O) groups is 1. The smallest absolute Gasteiger partial charge is 0.229 e. The average molecular weight is 359 g/mol. The van der Waals surface area contributed by atoms with Crippen LogP contribution in [0.1, 0.15) is 49.4 Å². The van der Waals surface area contributed by atoms with Gasteiger partial charge in [-0.25, -0.2) is 0 Å². The molecule has 0 aliphatic heterocycles. The van der Waals surface area contributed by atoms with Crippen LogP contribution < -0.4 is 0 Å². The SMILES string of the molecule is CC(C)CN(C)C(=O)C1CCCc2c1ccn2Cc1ccc(Cl)cc1. The van der Waals surface area contributed by atoms with Gasteiger partial charge in [0.25, 0.3) is 0 Å². The second kappa shape index (κ2) is 7.65. The molecular weight excluding hydrogens is 332 g/mol. The molecule has 0 radical (unpaired) electrons. The summed E-state index contributed by atoms with van der Waals surface area (Å²) in [6, 6.07) is 10.1. The summed E-state index contributed by atoms with van der Waals surface area (Å²) in [6.45, 7) is 5.95. The van der Waals surface area contributed by atoms with E-state index < -0.39 is 0 Å². The lowest BCUT2D eigenvalue weighted by Crippen LogP contribution is -2.35. The lowest BCUT2D eigenvalue weighted by molar-refractivity contribution is -0.132.